The predicted molar refractivity (Wildman–Crippen MR) is 103 cm³/mol. The van der Waals surface area contributed by atoms with Crippen molar-refractivity contribution < 1.29 is 13.9 Å². The van der Waals surface area contributed by atoms with Crippen LogP contribution in [0.25, 0.3) is 16.5 Å². The SMILES string of the molecule is COc1cc2nncc(C(C#N)c3nc(C4=CCCC=C4)co3)c2cc1OC. The molecule has 1 aromatic carbocycles. The molecule has 0 bridgehead atoms. The van der Waals surface area contributed by atoms with E-state index in [2.05, 4.69) is 33.4 Å². The van der Waals surface area contributed by atoms with Gasteiger partial charge in [0.25, 0.3) is 0 Å². The number of hydrogen-bond acceptors (Lipinski definition) is 7. The first-order valence-electron chi connectivity index (χ1n) is 8.84. The molecular weight excluding hydrogens is 356 g/mol. The van der Waals surface area contributed by atoms with Crippen molar-refractivity contribution >= 4 is 16.5 Å². The van der Waals surface area contributed by atoms with Crippen LogP contribution in [0, 0.1) is 11.3 Å². The topological polar surface area (TPSA) is 94.1 Å². The molecule has 0 radical (unpaired) electrons. The first-order valence-corrected chi connectivity index (χ1v) is 8.84. The van der Waals surface area contributed by atoms with Gasteiger partial charge in [0.1, 0.15) is 17.9 Å². The lowest BCUT2D eigenvalue weighted by atomic mass is 9.97. The maximum absolute atomic E-state index is 9.86. The molecule has 1 atom stereocenters. The molecule has 3 aromatic rings. The number of oxazole rings is 1. The van der Waals surface area contributed by atoms with Crippen molar-refractivity contribution in [1.82, 2.24) is 15.2 Å². The van der Waals surface area contributed by atoms with Crippen LogP contribution in [0.5, 0.6) is 11.5 Å². The number of benzene rings is 1. The molecule has 0 amide bonds. The number of ether oxygens (including phenoxy) is 2. The molecule has 0 spiro atoms. The van der Waals surface area contributed by atoms with E-state index in [4.69, 9.17) is 13.9 Å². The molecule has 0 saturated heterocycles. The van der Waals surface area contributed by atoms with Gasteiger partial charge in [-0.3, -0.25) is 0 Å². The van der Waals surface area contributed by atoms with E-state index < -0.39 is 5.92 Å². The molecule has 28 heavy (non-hydrogen) atoms. The second-order valence-electron chi connectivity index (χ2n) is 6.30. The Hall–Kier alpha value is -3.66. The summed E-state index contributed by atoms with van der Waals surface area (Å²) in [6.07, 6.45) is 11.4. The van der Waals surface area contributed by atoms with E-state index in [0.717, 1.165) is 29.5 Å². The molecule has 1 aliphatic carbocycles. The van der Waals surface area contributed by atoms with E-state index in [1.807, 2.05) is 6.08 Å². The third-order valence-electron chi connectivity index (χ3n) is 4.67. The Morgan fingerprint density at radius 3 is 2.71 bits per heavy atom. The van der Waals surface area contributed by atoms with Crippen molar-refractivity contribution in [3.05, 3.63) is 60.0 Å². The Morgan fingerprint density at radius 2 is 2.00 bits per heavy atom. The number of rotatable bonds is 5. The van der Waals surface area contributed by atoms with Crippen LogP contribution in [0.3, 0.4) is 0 Å². The van der Waals surface area contributed by atoms with Gasteiger partial charge in [0.05, 0.1) is 32.0 Å². The van der Waals surface area contributed by atoms with Crippen molar-refractivity contribution in [2.45, 2.75) is 18.8 Å². The highest BCUT2D eigenvalue weighted by Crippen LogP contribution is 2.36. The zero-order valence-corrected chi connectivity index (χ0v) is 15.5. The fourth-order valence-electron chi connectivity index (χ4n) is 3.25. The van der Waals surface area contributed by atoms with Crippen LogP contribution in [-0.4, -0.2) is 29.4 Å². The molecule has 0 N–H and O–H groups in total. The first kappa shape index (κ1) is 17.7. The molecule has 140 valence electrons. The summed E-state index contributed by atoms with van der Waals surface area (Å²) in [5.41, 5.74) is 2.97. The van der Waals surface area contributed by atoms with Crippen molar-refractivity contribution in [2.75, 3.05) is 14.2 Å². The van der Waals surface area contributed by atoms with Crippen LogP contribution in [-0.2, 0) is 0 Å². The summed E-state index contributed by atoms with van der Waals surface area (Å²) >= 11 is 0. The summed E-state index contributed by atoms with van der Waals surface area (Å²) in [6, 6.07) is 5.80. The minimum Gasteiger partial charge on any atom is -0.493 e. The summed E-state index contributed by atoms with van der Waals surface area (Å²) in [6.45, 7) is 0. The largest absolute Gasteiger partial charge is 0.493 e. The molecule has 0 fully saturated rings. The maximum Gasteiger partial charge on any atom is 0.216 e. The number of nitrogens with zero attached hydrogens (tertiary/aromatic N) is 4. The number of allylic oxidation sites excluding steroid dienone is 4. The summed E-state index contributed by atoms with van der Waals surface area (Å²) in [5, 5.41) is 18.8. The Labute approximate surface area is 161 Å². The van der Waals surface area contributed by atoms with Crippen LogP contribution < -0.4 is 9.47 Å². The van der Waals surface area contributed by atoms with Crippen molar-refractivity contribution in [3.63, 3.8) is 0 Å². The predicted octanol–water partition coefficient (Wildman–Crippen LogP) is 4.02. The maximum atomic E-state index is 9.86. The number of nitriles is 1. The third kappa shape index (κ3) is 3.09. The van der Waals surface area contributed by atoms with Crippen LogP contribution in [0.2, 0.25) is 0 Å². The van der Waals surface area contributed by atoms with Crippen LogP contribution in [0.4, 0.5) is 0 Å². The van der Waals surface area contributed by atoms with Gasteiger partial charge in [-0.1, -0.05) is 18.2 Å². The first-order chi connectivity index (χ1) is 13.7. The van der Waals surface area contributed by atoms with Crippen molar-refractivity contribution in [3.8, 4) is 17.6 Å². The van der Waals surface area contributed by atoms with Gasteiger partial charge < -0.3 is 13.9 Å². The lowest BCUT2D eigenvalue weighted by Gasteiger charge is -2.12. The standard InChI is InChI=1S/C21H18N4O3/c1-26-19-8-14-16(11-23-25-17(14)9-20(19)27-2)15(10-22)21-24-18(12-28-21)13-6-4-3-5-7-13/h4,6-9,11-12,15H,3,5H2,1-2H3. The van der Waals surface area contributed by atoms with Crippen LogP contribution in [0.15, 0.2) is 47.2 Å². The molecule has 0 aliphatic heterocycles. The summed E-state index contributed by atoms with van der Waals surface area (Å²) in [4.78, 5) is 4.55. The van der Waals surface area contributed by atoms with Gasteiger partial charge in [0.15, 0.2) is 11.5 Å². The summed E-state index contributed by atoms with van der Waals surface area (Å²) in [5.74, 6) is 0.690. The average molecular weight is 374 g/mol. The van der Waals surface area contributed by atoms with Crippen LogP contribution in [0.1, 0.15) is 35.9 Å². The number of aromatic nitrogens is 3. The highest BCUT2D eigenvalue weighted by atomic mass is 16.5. The smallest absolute Gasteiger partial charge is 0.216 e. The molecular formula is C21H18N4O3. The second kappa shape index (κ2) is 7.53. The molecule has 1 aliphatic rings. The quantitative estimate of drug-likeness (QED) is 0.665. The zero-order chi connectivity index (χ0) is 19.5. The number of hydrogen-bond donors (Lipinski definition) is 0. The minimum atomic E-state index is -0.724. The van der Waals surface area contributed by atoms with Gasteiger partial charge in [-0.25, -0.2) is 4.98 Å². The number of fused-ring (bicyclic) bond motifs is 1. The van der Waals surface area contributed by atoms with Crippen LogP contribution >= 0.6 is 0 Å². The fraction of sp³-hybridized carbons (Fsp3) is 0.238. The second-order valence-corrected chi connectivity index (χ2v) is 6.30. The number of methoxy groups -OCH3 is 2. The van der Waals surface area contributed by atoms with Crippen molar-refractivity contribution in [2.24, 2.45) is 0 Å². The highest BCUT2D eigenvalue weighted by Gasteiger charge is 2.24. The Bertz CT molecular complexity index is 1120. The van der Waals surface area contributed by atoms with E-state index in [1.165, 1.54) is 0 Å². The van der Waals surface area contributed by atoms with E-state index in [9.17, 15) is 5.26 Å². The molecule has 7 heteroatoms. The highest BCUT2D eigenvalue weighted by molar-refractivity contribution is 5.86. The van der Waals surface area contributed by atoms with Crippen molar-refractivity contribution in [1.29, 1.82) is 5.26 Å². The third-order valence-corrected chi connectivity index (χ3v) is 4.67. The molecule has 0 saturated carbocycles. The summed E-state index contributed by atoms with van der Waals surface area (Å²) in [7, 11) is 3.12. The van der Waals surface area contributed by atoms with Gasteiger partial charge in [0, 0.05) is 17.0 Å². The summed E-state index contributed by atoms with van der Waals surface area (Å²) < 4.78 is 16.4. The molecule has 2 aromatic heterocycles. The lowest BCUT2D eigenvalue weighted by Crippen LogP contribution is -2.03. The minimum absolute atomic E-state index is 0.321. The van der Waals surface area contributed by atoms with Gasteiger partial charge in [-0.2, -0.15) is 15.5 Å². The Balaban J connectivity index is 1.80. The molecule has 1 unspecified atom stereocenters. The zero-order valence-electron chi connectivity index (χ0n) is 15.5. The molecule has 4 rings (SSSR count). The Kier molecular flexibility index (Phi) is 4.77. The lowest BCUT2D eigenvalue weighted by molar-refractivity contribution is 0.355. The normalized spacial score (nSPS) is 14.4. The van der Waals surface area contributed by atoms with E-state index in [1.54, 1.807) is 38.8 Å². The van der Waals surface area contributed by atoms with Gasteiger partial charge in [-0.15, -0.1) is 0 Å². The average Bonchev–Trinajstić information content (AvgIpc) is 3.24. The Morgan fingerprint density at radius 1 is 1.18 bits per heavy atom. The fourth-order valence-corrected chi connectivity index (χ4v) is 3.25. The molecule has 7 nitrogen and oxygen atoms in total. The van der Waals surface area contributed by atoms with E-state index in [-0.39, 0.29) is 0 Å². The van der Waals surface area contributed by atoms with Gasteiger partial charge >= 0.3 is 0 Å². The molecule has 2 heterocycles. The van der Waals surface area contributed by atoms with E-state index in [0.29, 0.717) is 28.5 Å². The monoisotopic (exact) mass is 374 g/mol. The van der Waals surface area contributed by atoms with Gasteiger partial charge in [0.2, 0.25) is 5.89 Å². The van der Waals surface area contributed by atoms with E-state index >= 15 is 0 Å². The van der Waals surface area contributed by atoms with Gasteiger partial charge in [-0.05, 0) is 24.5 Å².